The van der Waals surface area contributed by atoms with Gasteiger partial charge in [-0.25, -0.2) is 0 Å². The van der Waals surface area contributed by atoms with Crippen molar-refractivity contribution in [1.82, 2.24) is 14.8 Å². The molecule has 158 valence electrons. The number of amides is 1. The summed E-state index contributed by atoms with van der Waals surface area (Å²) in [6, 6.07) is 12.2. The van der Waals surface area contributed by atoms with Crippen molar-refractivity contribution in [2.45, 2.75) is 18.2 Å². The van der Waals surface area contributed by atoms with Gasteiger partial charge in [0, 0.05) is 17.1 Å². The predicted octanol–water partition coefficient (Wildman–Crippen LogP) is 5.00. The van der Waals surface area contributed by atoms with E-state index < -0.39 is 0 Å². The first-order chi connectivity index (χ1) is 14.4. The van der Waals surface area contributed by atoms with Crippen molar-refractivity contribution in [1.29, 1.82) is 0 Å². The van der Waals surface area contributed by atoms with Crippen LogP contribution in [0.3, 0.4) is 0 Å². The van der Waals surface area contributed by atoms with Gasteiger partial charge in [-0.2, -0.15) is 0 Å². The lowest BCUT2D eigenvalue weighted by molar-refractivity contribution is -0.113. The van der Waals surface area contributed by atoms with Gasteiger partial charge in [0.1, 0.15) is 11.5 Å². The highest BCUT2D eigenvalue weighted by molar-refractivity contribution is 7.99. The van der Waals surface area contributed by atoms with Gasteiger partial charge >= 0.3 is 0 Å². The van der Waals surface area contributed by atoms with Crippen LogP contribution in [-0.2, 0) is 11.8 Å². The number of nitrogens with one attached hydrogen (secondary N) is 1. The van der Waals surface area contributed by atoms with Crippen LogP contribution in [0.15, 0.2) is 47.6 Å². The fraction of sp³-hybridized carbons (Fsp3) is 0.250. The van der Waals surface area contributed by atoms with E-state index in [1.807, 2.05) is 26.1 Å². The minimum absolute atomic E-state index is 0.144. The Morgan fingerprint density at radius 1 is 1.20 bits per heavy atom. The van der Waals surface area contributed by atoms with Crippen LogP contribution in [0, 0.1) is 0 Å². The minimum Gasteiger partial charge on any atom is -0.495 e. The van der Waals surface area contributed by atoms with Crippen molar-refractivity contribution >= 4 is 46.6 Å². The van der Waals surface area contributed by atoms with Gasteiger partial charge in [-0.1, -0.05) is 41.0 Å². The van der Waals surface area contributed by atoms with Gasteiger partial charge in [0.25, 0.3) is 0 Å². The Labute approximate surface area is 188 Å². The average Bonchev–Trinajstić information content (AvgIpc) is 3.07. The van der Waals surface area contributed by atoms with Crippen LogP contribution in [-0.4, -0.2) is 33.5 Å². The number of hydrogen-bond donors (Lipinski definition) is 1. The molecule has 0 aliphatic rings. The number of thioether (sulfide) groups is 1. The first-order valence-corrected chi connectivity index (χ1v) is 10.7. The fourth-order valence-corrected chi connectivity index (χ4v) is 3.77. The molecule has 1 amide bonds. The van der Waals surface area contributed by atoms with Crippen LogP contribution in [0.2, 0.25) is 10.0 Å². The summed E-state index contributed by atoms with van der Waals surface area (Å²) >= 11 is 13.3. The molecule has 0 saturated carbocycles. The standard InChI is InChI=1S/C20H20Cl2N4O3S/c1-12(29-15-6-4-5-13(21)9-15)19-24-25-20(26(19)2)30-11-18(27)23-16-10-14(22)7-8-17(16)28-3/h4-10,12H,11H2,1-3H3,(H,23,27). The van der Waals surface area contributed by atoms with Crippen LogP contribution in [0.5, 0.6) is 11.5 Å². The summed E-state index contributed by atoms with van der Waals surface area (Å²) in [6.07, 6.45) is -0.347. The van der Waals surface area contributed by atoms with Gasteiger partial charge in [-0.05, 0) is 43.3 Å². The van der Waals surface area contributed by atoms with Crippen LogP contribution < -0.4 is 14.8 Å². The zero-order valence-electron chi connectivity index (χ0n) is 16.6. The molecule has 0 aliphatic carbocycles. The zero-order chi connectivity index (χ0) is 21.7. The summed E-state index contributed by atoms with van der Waals surface area (Å²) in [4.78, 5) is 12.4. The number of ether oxygens (including phenoxy) is 2. The molecule has 0 saturated heterocycles. The molecule has 0 spiro atoms. The number of hydrogen-bond acceptors (Lipinski definition) is 6. The summed E-state index contributed by atoms with van der Waals surface area (Å²) < 4.78 is 12.9. The number of rotatable bonds is 8. The number of anilines is 1. The number of halogens is 2. The van der Waals surface area contributed by atoms with E-state index in [4.69, 9.17) is 32.7 Å². The second-order valence-electron chi connectivity index (χ2n) is 6.30. The molecule has 1 N–H and O–H groups in total. The Kier molecular flexibility index (Phi) is 7.47. The summed E-state index contributed by atoms with van der Waals surface area (Å²) in [5.74, 6) is 1.74. The van der Waals surface area contributed by atoms with E-state index in [1.54, 1.807) is 34.9 Å². The third kappa shape index (κ3) is 5.59. The molecule has 3 aromatic rings. The molecule has 10 heteroatoms. The maximum atomic E-state index is 12.4. The second-order valence-corrected chi connectivity index (χ2v) is 8.11. The molecular weight excluding hydrogens is 447 g/mol. The predicted molar refractivity (Wildman–Crippen MR) is 119 cm³/mol. The number of carbonyl (C=O) groups is 1. The number of carbonyl (C=O) groups excluding carboxylic acids is 1. The number of methoxy groups -OCH3 is 1. The topological polar surface area (TPSA) is 78.3 Å². The monoisotopic (exact) mass is 466 g/mol. The summed E-state index contributed by atoms with van der Waals surface area (Å²) in [5, 5.41) is 12.9. The maximum Gasteiger partial charge on any atom is 0.234 e. The van der Waals surface area contributed by atoms with Crippen LogP contribution in [0.1, 0.15) is 18.9 Å². The Hall–Kier alpha value is -2.42. The summed E-state index contributed by atoms with van der Waals surface area (Å²) in [5.41, 5.74) is 0.512. The van der Waals surface area contributed by atoms with Gasteiger partial charge in [-0.15, -0.1) is 10.2 Å². The first kappa shape index (κ1) is 22.3. The van der Waals surface area contributed by atoms with E-state index in [2.05, 4.69) is 15.5 Å². The smallest absolute Gasteiger partial charge is 0.234 e. The van der Waals surface area contributed by atoms with Gasteiger partial charge in [0.2, 0.25) is 5.91 Å². The van der Waals surface area contributed by atoms with Crippen molar-refractivity contribution in [3.05, 3.63) is 58.3 Å². The van der Waals surface area contributed by atoms with Crippen molar-refractivity contribution in [3.63, 3.8) is 0 Å². The lowest BCUT2D eigenvalue weighted by Crippen LogP contribution is -2.15. The molecule has 1 unspecified atom stereocenters. The third-order valence-corrected chi connectivity index (χ3v) is 5.60. The van der Waals surface area contributed by atoms with Crippen molar-refractivity contribution < 1.29 is 14.3 Å². The van der Waals surface area contributed by atoms with E-state index in [0.29, 0.717) is 38.2 Å². The molecule has 2 aromatic carbocycles. The number of benzene rings is 2. The van der Waals surface area contributed by atoms with E-state index in [0.717, 1.165) is 0 Å². The lowest BCUT2D eigenvalue weighted by Gasteiger charge is -2.14. The van der Waals surface area contributed by atoms with Gasteiger partial charge in [0.05, 0.1) is 18.6 Å². The SMILES string of the molecule is COc1ccc(Cl)cc1NC(=O)CSc1nnc(C(C)Oc2cccc(Cl)c2)n1C. The van der Waals surface area contributed by atoms with Gasteiger partial charge < -0.3 is 19.4 Å². The molecule has 0 fully saturated rings. The lowest BCUT2D eigenvalue weighted by atomic mass is 10.3. The highest BCUT2D eigenvalue weighted by atomic mass is 35.5. The fourth-order valence-electron chi connectivity index (χ4n) is 2.70. The Morgan fingerprint density at radius 2 is 1.97 bits per heavy atom. The number of nitrogens with zero attached hydrogens (tertiary/aromatic N) is 3. The molecule has 1 atom stereocenters. The summed E-state index contributed by atoms with van der Waals surface area (Å²) in [6.45, 7) is 1.87. The highest BCUT2D eigenvalue weighted by Crippen LogP contribution is 2.29. The molecule has 3 rings (SSSR count). The molecule has 0 aliphatic heterocycles. The zero-order valence-corrected chi connectivity index (χ0v) is 18.9. The van der Waals surface area contributed by atoms with Crippen LogP contribution in [0.25, 0.3) is 0 Å². The molecule has 7 nitrogen and oxygen atoms in total. The second kappa shape index (κ2) is 10.1. The van der Waals surface area contributed by atoms with Crippen molar-refractivity contribution in [2.75, 3.05) is 18.2 Å². The Bertz CT molecular complexity index is 1040. The first-order valence-electron chi connectivity index (χ1n) is 8.95. The minimum atomic E-state index is -0.347. The van der Waals surface area contributed by atoms with Crippen LogP contribution >= 0.6 is 35.0 Å². The van der Waals surface area contributed by atoms with Crippen molar-refractivity contribution in [2.24, 2.45) is 7.05 Å². The van der Waals surface area contributed by atoms with E-state index in [1.165, 1.54) is 18.9 Å². The highest BCUT2D eigenvalue weighted by Gasteiger charge is 2.18. The Balaban J connectivity index is 1.61. The van der Waals surface area contributed by atoms with Gasteiger partial charge in [0.15, 0.2) is 17.1 Å². The van der Waals surface area contributed by atoms with Crippen LogP contribution in [0.4, 0.5) is 5.69 Å². The molecule has 0 radical (unpaired) electrons. The van der Waals surface area contributed by atoms with Gasteiger partial charge in [-0.3, -0.25) is 4.79 Å². The normalized spacial score (nSPS) is 11.8. The molecule has 1 aromatic heterocycles. The number of aromatic nitrogens is 3. The Morgan fingerprint density at radius 3 is 2.70 bits per heavy atom. The van der Waals surface area contributed by atoms with E-state index in [9.17, 15) is 4.79 Å². The quantitative estimate of drug-likeness (QED) is 0.470. The molecule has 1 heterocycles. The molecule has 30 heavy (non-hydrogen) atoms. The third-order valence-electron chi connectivity index (χ3n) is 4.11. The summed E-state index contributed by atoms with van der Waals surface area (Å²) in [7, 11) is 3.36. The average molecular weight is 467 g/mol. The van der Waals surface area contributed by atoms with E-state index in [-0.39, 0.29) is 17.8 Å². The maximum absolute atomic E-state index is 12.4. The largest absolute Gasteiger partial charge is 0.495 e. The molecule has 0 bridgehead atoms. The van der Waals surface area contributed by atoms with E-state index >= 15 is 0 Å². The molecular formula is C20H20Cl2N4O3S. The van der Waals surface area contributed by atoms with Crippen molar-refractivity contribution in [3.8, 4) is 11.5 Å².